The Balaban J connectivity index is 1.62. The van der Waals surface area contributed by atoms with Crippen molar-refractivity contribution in [3.05, 3.63) is 11.6 Å². The van der Waals surface area contributed by atoms with Crippen molar-refractivity contribution in [1.29, 1.82) is 0 Å². The Morgan fingerprint density at radius 1 is 1.00 bits per heavy atom. The number of aliphatic hydroxyl groups excluding tert-OH is 1. The molecule has 0 bridgehead atoms. The Morgan fingerprint density at radius 3 is 2.54 bits per heavy atom. The fraction of sp³-hybridized carbons (Fsp3) is 0.913. The van der Waals surface area contributed by atoms with Crippen LogP contribution >= 0.6 is 0 Å². The Hall–Kier alpha value is -0.300. The van der Waals surface area contributed by atoms with Gasteiger partial charge in [0.2, 0.25) is 0 Å². The number of aliphatic hydroxyl groups is 1. The third kappa shape index (κ3) is 2.37. The van der Waals surface area contributed by atoms with Crippen LogP contribution in [0.15, 0.2) is 11.6 Å². The van der Waals surface area contributed by atoms with Crippen LogP contribution < -0.4 is 0 Å². The molecule has 0 radical (unpaired) electrons. The molecule has 3 fully saturated rings. The normalized spacial score (nSPS) is 49.8. The molecule has 4 rings (SSSR count). The Labute approximate surface area is 149 Å². The maximum Gasteiger partial charge on any atom is 0.0433 e. The molecule has 6 unspecified atom stereocenters. The van der Waals surface area contributed by atoms with Crippen molar-refractivity contribution in [3.63, 3.8) is 0 Å². The van der Waals surface area contributed by atoms with Crippen LogP contribution in [0.4, 0.5) is 0 Å². The smallest absolute Gasteiger partial charge is 0.0433 e. The predicted octanol–water partition coefficient (Wildman–Crippen LogP) is 5.97. The molecule has 1 nitrogen and oxygen atoms in total. The van der Waals surface area contributed by atoms with E-state index in [1.807, 2.05) is 5.57 Å². The van der Waals surface area contributed by atoms with Gasteiger partial charge in [0.05, 0.1) is 0 Å². The van der Waals surface area contributed by atoms with Crippen molar-refractivity contribution >= 4 is 0 Å². The lowest BCUT2D eigenvalue weighted by atomic mass is 9.46. The molecule has 0 aromatic carbocycles. The van der Waals surface area contributed by atoms with Crippen LogP contribution in [0.5, 0.6) is 0 Å². The molecule has 24 heavy (non-hydrogen) atoms. The van der Waals surface area contributed by atoms with E-state index in [4.69, 9.17) is 0 Å². The van der Waals surface area contributed by atoms with E-state index in [-0.39, 0.29) is 0 Å². The van der Waals surface area contributed by atoms with Gasteiger partial charge in [-0.25, -0.2) is 0 Å². The van der Waals surface area contributed by atoms with Crippen molar-refractivity contribution in [1.82, 2.24) is 0 Å². The minimum Gasteiger partial charge on any atom is -0.396 e. The van der Waals surface area contributed by atoms with E-state index >= 15 is 0 Å². The van der Waals surface area contributed by atoms with Crippen molar-refractivity contribution in [2.75, 3.05) is 6.61 Å². The van der Waals surface area contributed by atoms with E-state index in [1.165, 1.54) is 51.4 Å². The minimum atomic E-state index is 0.387. The van der Waals surface area contributed by atoms with Crippen molar-refractivity contribution in [2.24, 2.45) is 39.9 Å². The van der Waals surface area contributed by atoms with Gasteiger partial charge in [-0.1, -0.05) is 39.3 Å². The van der Waals surface area contributed by atoms with E-state index in [2.05, 4.69) is 33.8 Å². The summed E-state index contributed by atoms with van der Waals surface area (Å²) in [6.45, 7) is 10.5. The predicted molar refractivity (Wildman–Crippen MR) is 101 cm³/mol. The molecular formula is C23H38O. The summed E-state index contributed by atoms with van der Waals surface area (Å²) in [7, 11) is 0. The number of hydrogen-bond acceptors (Lipinski definition) is 1. The van der Waals surface area contributed by atoms with Crippen LogP contribution in [0.3, 0.4) is 0 Å². The van der Waals surface area contributed by atoms with Gasteiger partial charge in [-0.05, 0) is 97.7 Å². The largest absolute Gasteiger partial charge is 0.396 e. The van der Waals surface area contributed by atoms with Crippen LogP contribution in [0.1, 0.15) is 85.5 Å². The maximum absolute atomic E-state index is 9.50. The zero-order valence-electron chi connectivity index (χ0n) is 16.4. The van der Waals surface area contributed by atoms with E-state index in [0.29, 0.717) is 22.9 Å². The molecule has 1 N–H and O–H groups in total. The van der Waals surface area contributed by atoms with Gasteiger partial charge < -0.3 is 5.11 Å². The molecule has 3 saturated carbocycles. The van der Waals surface area contributed by atoms with Gasteiger partial charge in [-0.3, -0.25) is 0 Å². The van der Waals surface area contributed by atoms with Crippen molar-refractivity contribution in [3.8, 4) is 0 Å². The lowest BCUT2D eigenvalue weighted by Gasteiger charge is -2.59. The van der Waals surface area contributed by atoms with Gasteiger partial charge in [0.15, 0.2) is 0 Å². The molecule has 6 atom stereocenters. The number of hydrogen-bond donors (Lipinski definition) is 1. The summed E-state index contributed by atoms with van der Waals surface area (Å²) in [5, 5.41) is 9.50. The van der Waals surface area contributed by atoms with Gasteiger partial charge in [0.1, 0.15) is 0 Å². The third-order valence-corrected chi connectivity index (χ3v) is 9.29. The highest BCUT2D eigenvalue weighted by molar-refractivity contribution is 5.26. The summed E-state index contributed by atoms with van der Waals surface area (Å²) in [4.78, 5) is 0. The highest BCUT2D eigenvalue weighted by atomic mass is 16.3. The van der Waals surface area contributed by atoms with Crippen molar-refractivity contribution < 1.29 is 5.11 Å². The first-order chi connectivity index (χ1) is 11.3. The minimum absolute atomic E-state index is 0.387. The van der Waals surface area contributed by atoms with E-state index in [9.17, 15) is 5.11 Å². The first-order valence-corrected chi connectivity index (χ1v) is 10.6. The topological polar surface area (TPSA) is 20.2 Å². The fourth-order valence-corrected chi connectivity index (χ4v) is 7.72. The summed E-state index contributed by atoms with van der Waals surface area (Å²) >= 11 is 0. The Kier molecular flexibility index (Phi) is 4.00. The van der Waals surface area contributed by atoms with Crippen LogP contribution in [0, 0.1) is 39.9 Å². The van der Waals surface area contributed by atoms with Crippen LogP contribution in [-0.2, 0) is 0 Å². The molecule has 0 saturated heterocycles. The molecule has 4 aliphatic rings. The molecular weight excluding hydrogens is 292 g/mol. The average Bonchev–Trinajstić information content (AvgIpc) is 2.85. The van der Waals surface area contributed by atoms with Gasteiger partial charge in [-0.2, -0.15) is 0 Å². The van der Waals surface area contributed by atoms with E-state index < -0.39 is 0 Å². The van der Waals surface area contributed by atoms with Gasteiger partial charge >= 0.3 is 0 Å². The Bertz CT molecular complexity index is 532. The summed E-state index contributed by atoms with van der Waals surface area (Å²) in [5.41, 5.74) is 3.34. The molecule has 0 spiro atoms. The number of allylic oxidation sites excluding steroid dienone is 2. The summed E-state index contributed by atoms with van der Waals surface area (Å²) in [6, 6.07) is 0. The number of rotatable bonds is 2. The second-order valence-electron chi connectivity index (χ2n) is 10.9. The lowest BCUT2D eigenvalue weighted by Crippen LogP contribution is -2.50. The highest BCUT2D eigenvalue weighted by Crippen LogP contribution is 2.67. The van der Waals surface area contributed by atoms with Crippen LogP contribution in [0.25, 0.3) is 0 Å². The average molecular weight is 331 g/mol. The second kappa shape index (κ2) is 5.60. The van der Waals surface area contributed by atoms with Crippen molar-refractivity contribution in [2.45, 2.75) is 85.5 Å². The molecule has 0 aliphatic heterocycles. The second-order valence-corrected chi connectivity index (χ2v) is 10.9. The first-order valence-electron chi connectivity index (χ1n) is 10.6. The van der Waals surface area contributed by atoms with Crippen LogP contribution in [0.2, 0.25) is 0 Å². The maximum atomic E-state index is 9.50. The molecule has 1 heteroatoms. The van der Waals surface area contributed by atoms with Crippen LogP contribution in [-0.4, -0.2) is 11.7 Å². The molecule has 0 heterocycles. The molecule has 0 aromatic rings. The van der Waals surface area contributed by atoms with E-state index in [0.717, 1.165) is 30.1 Å². The van der Waals surface area contributed by atoms with Gasteiger partial charge in [-0.15, -0.1) is 0 Å². The first kappa shape index (κ1) is 17.1. The summed E-state index contributed by atoms with van der Waals surface area (Å²) < 4.78 is 0. The third-order valence-electron chi connectivity index (χ3n) is 9.29. The lowest BCUT2D eigenvalue weighted by molar-refractivity contribution is -0.0509. The van der Waals surface area contributed by atoms with E-state index in [1.54, 1.807) is 0 Å². The monoisotopic (exact) mass is 330 g/mol. The number of fused-ring (bicyclic) bond motifs is 5. The summed E-state index contributed by atoms with van der Waals surface area (Å²) in [6.07, 6.45) is 14.9. The quantitative estimate of drug-likeness (QED) is 0.618. The summed E-state index contributed by atoms with van der Waals surface area (Å²) in [5.74, 6) is 3.54. The molecule has 0 amide bonds. The standard InChI is InChI=1S/C23H38O/c1-21(2)12-13-23(4)17(15-21)5-7-18-19-8-6-16(10-14-24)22(19,3)11-9-20(18)23/h5,16,18-20,24H,6-15H2,1-4H3. The van der Waals surface area contributed by atoms with Gasteiger partial charge in [0.25, 0.3) is 0 Å². The molecule has 0 aromatic heterocycles. The fourth-order valence-electron chi connectivity index (χ4n) is 7.72. The molecule has 4 aliphatic carbocycles. The zero-order chi connectivity index (χ0) is 17.2. The Morgan fingerprint density at radius 2 is 1.79 bits per heavy atom. The highest BCUT2D eigenvalue weighted by Gasteiger charge is 2.58. The SMILES string of the molecule is CC1(C)CCC2(C)C(=CCC3C2CCC2(C)C(CCO)CCC32)C1. The molecule has 136 valence electrons. The zero-order valence-corrected chi connectivity index (χ0v) is 16.4. The van der Waals surface area contributed by atoms with Gasteiger partial charge in [0, 0.05) is 6.61 Å².